The third kappa shape index (κ3) is 5.58. The molecule has 0 aromatic heterocycles. The molecule has 1 aliphatic heterocycles. The third-order valence-corrected chi connectivity index (χ3v) is 4.54. The third-order valence-electron chi connectivity index (χ3n) is 4.54. The van der Waals surface area contributed by atoms with Gasteiger partial charge in [0.1, 0.15) is 0 Å². The molecule has 1 fully saturated rings. The fraction of sp³-hybridized carbons (Fsp3) is 0.632. The van der Waals surface area contributed by atoms with E-state index in [-0.39, 0.29) is 17.4 Å². The van der Waals surface area contributed by atoms with Gasteiger partial charge in [0.15, 0.2) is 0 Å². The van der Waals surface area contributed by atoms with Crippen LogP contribution < -0.4 is 10.6 Å². The van der Waals surface area contributed by atoms with Crippen LogP contribution in [0.4, 0.5) is 0 Å². The lowest BCUT2D eigenvalue weighted by atomic mass is 9.79. The number of benzene rings is 1. The molecular weight excluding hydrogens is 304 g/mol. The van der Waals surface area contributed by atoms with Gasteiger partial charge in [0.25, 0.3) is 5.91 Å². The van der Waals surface area contributed by atoms with Crippen LogP contribution in [0.25, 0.3) is 0 Å². The lowest BCUT2D eigenvalue weighted by molar-refractivity contribution is 0.0511. The smallest absolute Gasteiger partial charge is 0.251 e. The Morgan fingerprint density at radius 2 is 1.92 bits per heavy atom. The van der Waals surface area contributed by atoms with Crippen molar-refractivity contribution < 1.29 is 14.3 Å². The molecule has 0 aliphatic carbocycles. The predicted octanol–water partition coefficient (Wildman–Crippen LogP) is 2.36. The van der Waals surface area contributed by atoms with E-state index in [2.05, 4.69) is 10.6 Å². The molecule has 5 nitrogen and oxygen atoms in total. The van der Waals surface area contributed by atoms with E-state index in [1.807, 2.05) is 38.1 Å². The number of carbonyl (C=O) groups is 1. The zero-order valence-electron chi connectivity index (χ0n) is 15.1. The summed E-state index contributed by atoms with van der Waals surface area (Å²) in [6, 6.07) is 7.62. The summed E-state index contributed by atoms with van der Waals surface area (Å²) >= 11 is 0. The normalized spacial score (nSPS) is 17.0. The minimum absolute atomic E-state index is 0.0275. The fourth-order valence-electron chi connectivity index (χ4n) is 3.02. The van der Waals surface area contributed by atoms with Crippen molar-refractivity contribution in [1.29, 1.82) is 0 Å². The molecule has 5 heteroatoms. The van der Waals surface area contributed by atoms with Gasteiger partial charge in [-0.05, 0) is 57.5 Å². The Labute approximate surface area is 145 Å². The summed E-state index contributed by atoms with van der Waals surface area (Å²) in [4.78, 5) is 12.4. The number of methoxy groups -OCH3 is 1. The van der Waals surface area contributed by atoms with Crippen LogP contribution in [0.1, 0.15) is 42.6 Å². The molecule has 0 saturated carbocycles. The zero-order valence-corrected chi connectivity index (χ0v) is 15.1. The molecule has 1 aliphatic rings. The first kappa shape index (κ1) is 18.9. The first-order valence-corrected chi connectivity index (χ1v) is 8.73. The van der Waals surface area contributed by atoms with Crippen molar-refractivity contribution >= 4 is 5.91 Å². The number of hydrogen-bond acceptors (Lipinski definition) is 4. The van der Waals surface area contributed by atoms with E-state index >= 15 is 0 Å². The summed E-state index contributed by atoms with van der Waals surface area (Å²) in [5, 5.41) is 6.45. The molecule has 0 radical (unpaired) electrons. The summed E-state index contributed by atoms with van der Waals surface area (Å²) in [7, 11) is 1.73. The summed E-state index contributed by atoms with van der Waals surface area (Å²) in [6.45, 7) is 7.88. The van der Waals surface area contributed by atoms with Crippen molar-refractivity contribution in [3.8, 4) is 0 Å². The second-order valence-electron chi connectivity index (χ2n) is 6.92. The minimum Gasteiger partial charge on any atom is -0.384 e. The zero-order chi connectivity index (χ0) is 17.4. The lowest BCUT2D eigenvalue weighted by Crippen LogP contribution is -2.47. The molecule has 0 spiro atoms. The van der Waals surface area contributed by atoms with Crippen LogP contribution in [0.2, 0.25) is 0 Å². The number of carbonyl (C=O) groups excluding carboxylic acids is 1. The largest absolute Gasteiger partial charge is 0.384 e. The molecule has 1 saturated heterocycles. The van der Waals surface area contributed by atoms with E-state index in [0.717, 1.165) is 31.5 Å². The maximum absolute atomic E-state index is 12.4. The highest BCUT2D eigenvalue weighted by Crippen LogP contribution is 2.28. The molecular formula is C19H30N2O3. The number of nitrogens with one attached hydrogen (secondary N) is 2. The van der Waals surface area contributed by atoms with Crippen LogP contribution in [0.15, 0.2) is 24.3 Å². The summed E-state index contributed by atoms with van der Waals surface area (Å²) in [6.07, 6.45) is 2.24. The summed E-state index contributed by atoms with van der Waals surface area (Å²) in [5.74, 6) is -0.0275. The SMILES string of the molecule is COCC1(CNC(=O)c2ccc(COC(C)C)cc2)CCNCC1. The minimum atomic E-state index is -0.0275. The molecule has 1 aromatic rings. The Hall–Kier alpha value is -1.43. The number of hydrogen-bond donors (Lipinski definition) is 2. The summed E-state index contributed by atoms with van der Waals surface area (Å²) in [5.41, 5.74) is 1.81. The van der Waals surface area contributed by atoms with Crippen LogP contribution in [-0.2, 0) is 16.1 Å². The van der Waals surface area contributed by atoms with Gasteiger partial charge in [0.2, 0.25) is 0 Å². The lowest BCUT2D eigenvalue weighted by Gasteiger charge is -2.37. The van der Waals surface area contributed by atoms with E-state index in [9.17, 15) is 4.79 Å². The molecule has 1 amide bonds. The van der Waals surface area contributed by atoms with Gasteiger partial charge in [-0.3, -0.25) is 4.79 Å². The molecule has 134 valence electrons. The van der Waals surface area contributed by atoms with Crippen LogP contribution in [0.3, 0.4) is 0 Å². The van der Waals surface area contributed by atoms with Crippen molar-refractivity contribution in [2.75, 3.05) is 33.4 Å². The van der Waals surface area contributed by atoms with Gasteiger partial charge >= 0.3 is 0 Å². The Morgan fingerprint density at radius 3 is 2.50 bits per heavy atom. The molecule has 1 aromatic carbocycles. The predicted molar refractivity (Wildman–Crippen MR) is 95.1 cm³/mol. The van der Waals surface area contributed by atoms with Gasteiger partial charge in [-0.2, -0.15) is 0 Å². The van der Waals surface area contributed by atoms with Gasteiger partial charge in [-0.25, -0.2) is 0 Å². The highest BCUT2D eigenvalue weighted by Gasteiger charge is 2.32. The highest BCUT2D eigenvalue weighted by atomic mass is 16.5. The van der Waals surface area contributed by atoms with Crippen LogP contribution >= 0.6 is 0 Å². The van der Waals surface area contributed by atoms with E-state index in [1.165, 1.54) is 0 Å². The molecule has 2 rings (SSSR count). The van der Waals surface area contributed by atoms with Gasteiger partial charge in [-0.15, -0.1) is 0 Å². The number of amides is 1. The van der Waals surface area contributed by atoms with Crippen molar-refractivity contribution in [3.05, 3.63) is 35.4 Å². The van der Waals surface area contributed by atoms with Crippen molar-refractivity contribution in [2.45, 2.75) is 39.4 Å². The van der Waals surface area contributed by atoms with Crippen LogP contribution in [0.5, 0.6) is 0 Å². The Morgan fingerprint density at radius 1 is 1.25 bits per heavy atom. The molecule has 0 atom stereocenters. The monoisotopic (exact) mass is 334 g/mol. The van der Waals surface area contributed by atoms with E-state index in [4.69, 9.17) is 9.47 Å². The number of piperidine rings is 1. The van der Waals surface area contributed by atoms with E-state index in [1.54, 1.807) is 7.11 Å². The quantitative estimate of drug-likeness (QED) is 0.766. The van der Waals surface area contributed by atoms with E-state index in [0.29, 0.717) is 25.3 Å². The fourth-order valence-corrected chi connectivity index (χ4v) is 3.02. The van der Waals surface area contributed by atoms with Gasteiger partial charge in [-0.1, -0.05) is 12.1 Å². The number of rotatable bonds is 8. The molecule has 0 unspecified atom stereocenters. The average molecular weight is 334 g/mol. The summed E-state index contributed by atoms with van der Waals surface area (Å²) < 4.78 is 11.0. The van der Waals surface area contributed by atoms with Gasteiger partial charge in [0.05, 0.1) is 19.3 Å². The number of ether oxygens (including phenoxy) is 2. The van der Waals surface area contributed by atoms with Crippen molar-refractivity contribution in [1.82, 2.24) is 10.6 Å². The molecule has 24 heavy (non-hydrogen) atoms. The second-order valence-corrected chi connectivity index (χ2v) is 6.92. The van der Waals surface area contributed by atoms with Gasteiger partial charge in [0, 0.05) is 24.6 Å². The maximum atomic E-state index is 12.4. The molecule has 0 bridgehead atoms. The first-order valence-electron chi connectivity index (χ1n) is 8.73. The Bertz CT molecular complexity index is 502. The van der Waals surface area contributed by atoms with Crippen molar-refractivity contribution in [2.24, 2.45) is 5.41 Å². The average Bonchev–Trinajstić information content (AvgIpc) is 2.59. The maximum Gasteiger partial charge on any atom is 0.251 e. The van der Waals surface area contributed by atoms with Crippen LogP contribution in [0, 0.1) is 5.41 Å². The second kappa shape index (κ2) is 9.16. The standard InChI is InChI=1S/C19H30N2O3/c1-15(2)24-12-16-4-6-17(7-5-16)18(22)21-13-19(14-23-3)8-10-20-11-9-19/h4-7,15,20H,8-14H2,1-3H3,(H,21,22). The Balaban J connectivity index is 1.89. The van der Waals surface area contributed by atoms with E-state index < -0.39 is 0 Å². The highest BCUT2D eigenvalue weighted by molar-refractivity contribution is 5.94. The Kier molecular flexibility index (Phi) is 7.21. The first-order chi connectivity index (χ1) is 11.5. The van der Waals surface area contributed by atoms with Crippen molar-refractivity contribution in [3.63, 3.8) is 0 Å². The molecule has 2 N–H and O–H groups in total. The van der Waals surface area contributed by atoms with Crippen LogP contribution in [-0.4, -0.2) is 45.4 Å². The van der Waals surface area contributed by atoms with Gasteiger partial charge < -0.3 is 20.1 Å². The topological polar surface area (TPSA) is 59.6 Å². The molecule has 1 heterocycles.